The topological polar surface area (TPSA) is 40.9 Å². The van der Waals surface area contributed by atoms with E-state index in [1.807, 2.05) is 26.0 Å². The van der Waals surface area contributed by atoms with Gasteiger partial charge in [0.15, 0.2) is 5.78 Å². The van der Waals surface area contributed by atoms with Crippen molar-refractivity contribution in [2.45, 2.75) is 19.8 Å². The first kappa shape index (κ1) is 14.3. The Kier molecular flexibility index (Phi) is 4.22. The molecule has 0 radical (unpaired) electrons. The summed E-state index contributed by atoms with van der Waals surface area (Å²) in [6.45, 7) is 3.85. The second kappa shape index (κ2) is 5.90. The van der Waals surface area contributed by atoms with E-state index in [0.717, 1.165) is 11.1 Å². The number of nitriles is 1. The van der Waals surface area contributed by atoms with E-state index in [-0.39, 0.29) is 5.78 Å². The van der Waals surface area contributed by atoms with E-state index in [4.69, 9.17) is 11.6 Å². The summed E-state index contributed by atoms with van der Waals surface area (Å²) < 4.78 is 0. The highest BCUT2D eigenvalue weighted by Crippen LogP contribution is 2.24. The third-order valence-electron chi connectivity index (χ3n) is 3.22. The molecule has 2 aromatic carbocycles. The van der Waals surface area contributed by atoms with E-state index in [1.54, 1.807) is 30.3 Å². The van der Waals surface area contributed by atoms with Crippen LogP contribution in [0.4, 0.5) is 0 Å². The number of nitrogens with zero attached hydrogens (tertiary/aromatic N) is 1. The highest BCUT2D eigenvalue weighted by molar-refractivity contribution is 6.30. The van der Waals surface area contributed by atoms with Gasteiger partial charge in [0.05, 0.1) is 6.07 Å². The Labute approximate surface area is 123 Å². The van der Waals surface area contributed by atoms with Gasteiger partial charge >= 0.3 is 0 Å². The fourth-order valence-corrected chi connectivity index (χ4v) is 2.41. The van der Waals surface area contributed by atoms with Gasteiger partial charge in [-0.15, -0.1) is 0 Å². The van der Waals surface area contributed by atoms with Gasteiger partial charge in [-0.1, -0.05) is 47.5 Å². The number of hydrogen-bond donors (Lipinski definition) is 0. The van der Waals surface area contributed by atoms with Gasteiger partial charge in [-0.05, 0) is 37.1 Å². The van der Waals surface area contributed by atoms with Crippen LogP contribution in [0.5, 0.6) is 0 Å². The third-order valence-corrected chi connectivity index (χ3v) is 3.46. The van der Waals surface area contributed by atoms with E-state index in [9.17, 15) is 10.1 Å². The molecular formula is C17H14ClNO. The van der Waals surface area contributed by atoms with Crippen LogP contribution in [-0.4, -0.2) is 5.78 Å². The van der Waals surface area contributed by atoms with Crippen molar-refractivity contribution < 1.29 is 4.79 Å². The van der Waals surface area contributed by atoms with Gasteiger partial charge in [-0.25, -0.2) is 0 Å². The normalized spacial score (nSPS) is 11.7. The molecule has 0 amide bonds. The summed E-state index contributed by atoms with van der Waals surface area (Å²) in [4.78, 5) is 12.6. The quantitative estimate of drug-likeness (QED) is 0.781. The highest BCUT2D eigenvalue weighted by Gasteiger charge is 2.23. The Bertz CT molecular complexity index is 700. The van der Waals surface area contributed by atoms with Crippen molar-refractivity contribution in [3.63, 3.8) is 0 Å². The van der Waals surface area contributed by atoms with Crippen LogP contribution in [0, 0.1) is 25.2 Å². The number of benzene rings is 2. The third kappa shape index (κ3) is 2.89. The molecule has 1 atom stereocenters. The van der Waals surface area contributed by atoms with E-state index in [1.165, 1.54) is 0 Å². The first-order valence-electron chi connectivity index (χ1n) is 6.29. The number of Topliss-reactive ketones (excluding diaryl/α,β-unsaturated/α-hetero) is 1. The maximum Gasteiger partial charge on any atom is 0.184 e. The fraction of sp³-hybridized carbons (Fsp3) is 0.176. The van der Waals surface area contributed by atoms with Crippen molar-refractivity contribution in [3.05, 3.63) is 69.7 Å². The zero-order valence-corrected chi connectivity index (χ0v) is 12.1. The molecular weight excluding hydrogens is 270 g/mol. The van der Waals surface area contributed by atoms with Gasteiger partial charge in [0.1, 0.15) is 5.92 Å². The molecule has 0 aliphatic heterocycles. The van der Waals surface area contributed by atoms with E-state index in [2.05, 4.69) is 6.07 Å². The molecule has 1 unspecified atom stereocenters. The maximum absolute atomic E-state index is 12.6. The lowest BCUT2D eigenvalue weighted by Gasteiger charge is -2.11. The molecule has 3 heteroatoms. The lowest BCUT2D eigenvalue weighted by molar-refractivity contribution is 0.0978. The van der Waals surface area contributed by atoms with Crippen LogP contribution < -0.4 is 0 Å². The average Bonchev–Trinajstić information content (AvgIpc) is 2.39. The van der Waals surface area contributed by atoms with Crippen molar-refractivity contribution in [1.29, 1.82) is 5.26 Å². The molecule has 100 valence electrons. The van der Waals surface area contributed by atoms with Gasteiger partial charge < -0.3 is 0 Å². The summed E-state index contributed by atoms with van der Waals surface area (Å²) in [7, 11) is 0. The van der Waals surface area contributed by atoms with Crippen molar-refractivity contribution in [3.8, 4) is 6.07 Å². The standard InChI is InChI=1S/C17H14ClNO/c1-11-6-7-15(12(2)8-11)17(20)16(10-19)13-4-3-5-14(18)9-13/h3-9,16H,1-2H3. The summed E-state index contributed by atoms with van der Waals surface area (Å²) in [5, 5.41) is 9.86. The molecule has 0 saturated carbocycles. The van der Waals surface area contributed by atoms with E-state index < -0.39 is 5.92 Å². The monoisotopic (exact) mass is 283 g/mol. The minimum Gasteiger partial charge on any atom is -0.292 e. The van der Waals surface area contributed by atoms with Crippen LogP contribution in [-0.2, 0) is 0 Å². The van der Waals surface area contributed by atoms with Gasteiger partial charge in [0, 0.05) is 10.6 Å². The zero-order chi connectivity index (χ0) is 14.7. The fourth-order valence-electron chi connectivity index (χ4n) is 2.22. The van der Waals surface area contributed by atoms with Crippen molar-refractivity contribution in [2.75, 3.05) is 0 Å². The smallest absolute Gasteiger partial charge is 0.184 e. The number of ketones is 1. The molecule has 2 rings (SSSR count). The van der Waals surface area contributed by atoms with Gasteiger partial charge in [0.2, 0.25) is 0 Å². The molecule has 0 bridgehead atoms. The predicted molar refractivity (Wildman–Crippen MR) is 80.1 cm³/mol. The Balaban J connectivity index is 2.42. The summed E-state index contributed by atoms with van der Waals surface area (Å²) in [5.41, 5.74) is 3.19. The molecule has 0 fully saturated rings. The van der Waals surface area contributed by atoms with Gasteiger partial charge in [0.25, 0.3) is 0 Å². The van der Waals surface area contributed by atoms with Crippen LogP contribution in [0.1, 0.15) is 33.0 Å². The van der Waals surface area contributed by atoms with Crippen molar-refractivity contribution in [1.82, 2.24) is 0 Å². The molecule has 2 aromatic rings. The van der Waals surface area contributed by atoms with E-state index >= 15 is 0 Å². The Hall–Kier alpha value is -2.11. The van der Waals surface area contributed by atoms with Crippen LogP contribution in [0.15, 0.2) is 42.5 Å². The lowest BCUT2D eigenvalue weighted by atomic mass is 9.89. The van der Waals surface area contributed by atoms with Crippen LogP contribution >= 0.6 is 11.6 Å². The molecule has 0 saturated heterocycles. The Morgan fingerprint density at radius 3 is 2.55 bits per heavy atom. The Morgan fingerprint density at radius 1 is 1.20 bits per heavy atom. The average molecular weight is 284 g/mol. The largest absolute Gasteiger partial charge is 0.292 e. The molecule has 20 heavy (non-hydrogen) atoms. The molecule has 2 nitrogen and oxygen atoms in total. The van der Waals surface area contributed by atoms with Gasteiger partial charge in [-0.2, -0.15) is 5.26 Å². The number of carbonyl (C=O) groups is 1. The summed E-state index contributed by atoms with van der Waals surface area (Å²) in [6.07, 6.45) is 0. The van der Waals surface area contributed by atoms with Crippen LogP contribution in [0.3, 0.4) is 0 Å². The highest BCUT2D eigenvalue weighted by atomic mass is 35.5. The minimum atomic E-state index is -0.824. The van der Waals surface area contributed by atoms with Crippen LogP contribution in [0.25, 0.3) is 0 Å². The lowest BCUT2D eigenvalue weighted by Crippen LogP contribution is -2.12. The molecule has 0 aliphatic rings. The number of rotatable bonds is 3. The Morgan fingerprint density at radius 2 is 1.95 bits per heavy atom. The van der Waals surface area contributed by atoms with E-state index in [0.29, 0.717) is 16.1 Å². The second-order valence-electron chi connectivity index (χ2n) is 4.80. The molecule has 0 spiro atoms. The zero-order valence-electron chi connectivity index (χ0n) is 11.4. The molecule has 0 heterocycles. The maximum atomic E-state index is 12.6. The number of hydrogen-bond acceptors (Lipinski definition) is 2. The summed E-state index contributed by atoms with van der Waals surface area (Å²) in [6, 6.07) is 14.6. The first-order chi connectivity index (χ1) is 9.52. The SMILES string of the molecule is Cc1ccc(C(=O)C(C#N)c2cccc(Cl)c2)c(C)c1. The van der Waals surface area contributed by atoms with Crippen molar-refractivity contribution in [2.24, 2.45) is 0 Å². The van der Waals surface area contributed by atoms with Crippen LogP contribution in [0.2, 0.25) is 5.02 Å². The number of carbonyl (C=O) groups excluding carboxylic acids is 1. The predicted octanol–water partition coefficient (Wildman–Crippen LogP) is 4.45. The minimum absolute atomic E-state index is 0.188. The summed E-state index contributed by atoms with van der Waals surface area (Å²) >= 11 is 5.93. The second-order valence-corrected chi connectivity index (χ2v) is 5.24. The number of aryl methyl sites for hydroxylation is 2. The first-order valence-corrected chi connectivity index (χ1v) is 6.67. The molecule has 0 aliphatic carbocycles. The molecule has 0 N–H and O–H groups in total. The molecule has 0 aromatic heterocycles. The van der Waals surface area contributed by atoms with Gasteiger partial charge in [-0.3, -0.25) is 4.79 Å². The number of halogens is 1. The summed E-state index contributed by atoms with van der Waals surface area (Å²) in [5.74, 6) is -1.01. The van der Waals surface area contributed by atoms with Crippen molar-refractivity contribution >= 4 is 17.4 Å².